The Bertz CT molecular complexity index is 1590. The fraction of sp³-hybridized carbons (Fsp3) is 0.200. The maximum Gasteiger partial charge on any atom is 0.238 e. The van der Waals surface area contributed by atoms with E-state index in [9.17, 15) is 40.0 Å². The summed E-state index contributed by atoms with van der Waals surface area (Å²) in [7, 11) is 0. The van der Waals surface area contributed by atoms with Crippen LogP contribution >= 0.6 is 0 Å². The van der Waals surface area contributed by atoms with Gasteiger partial charge in [0, 0.05) is 11.3 Å². The Kier molecular flexibility index (Phi) is 5.62. The molecule has 2 bridgehead atoms. The highest BCUT2D eigenvalue weighted by Crippen LogP contribution is 2.65. The molecular weight excluding hydrogens is 544 g/mol. The van der Waals surface area contributed by atoms with Gasteiger partial charge in [0.2, 0.25) is 23.6 Å². The quantitative estimate of drug-likeness (QED) is 0.266. The smallest absolute Gasteiger partial charge is 0.238 e. The first kappa shape index (κ1) is 26.0. The lowest BCUT2D eigenvalue weighted by Crippen LogP contribution is -2.60. The molecule has 8 rings (SSSR count). The average Bonchev–Trinajstić information content (AvgIpc) is 3.44. The first-order valence-corrected chi connectivity index (χ1v) is 13.2. The Morgan fingerprint density at radius 1 is 0.643 bits per heavy atom. The monoisotopic (exact) mass is 566 g/mol. The van der Waals surface area contributed by atoms with E-state index in [0.717, 1.165) is 9.80 Å². The molecule has 2 N–H and O–H groups in total. The lowest BCUT2D eigenvalue weighted by atomic mass is 9.45. The van der Waals surface area contributed by atoms with E-state index in [1.54, 1.807) is 42.5 Å². The molecule has 1 saturated carbocycles. The molecule has 12 heteroatoms. The van der Waals surface area contributed by atoms with Gasteiger partial charge < -0.3 is 20.9 Å². The standard InChI is InChI=1S/C30H22N4O8/c35-26-22-21-12-13-30(16-6-2-1-3-7-16,24(22)28(37)31(26)17-8-4-10-19(14-17)33(39)40)25-23(21)27(36)32(29(25)38)18-9-5-11-20(15-18)34(41)42/h1-15,21-25,39,41H/q-2. The van der Waals surface area contributed by atoms with Gasteiger partial charge in [-0.3, -0.25) is 29.6 Å². The lowest BCUT2D eigenvalue weighted by Gasteiger charge is -2.53. The van der Waals surface area contributed by atoms with Gasteiger partial charge in [0.1, 0.15) is 0 Å². The van der Waals surface area contributed by atoms with Crippen LogP contribution in [0.2, 0.25) is 0 Å². The highest BCUT2D eigenvalue weighted by molar-refractivity contribution is 6.27. The Hall–Kier alpha value is -4.88. The van der Waals surface area contributed by atoms with Gasteiger partial charge >= 0.3 is 0 Å². The van der Waals surface area contributed by atoms with Gasteiger partial charge in [0.05, 0.1) is 46.4 Å². The highest BCUT2D eigenvalue weighted by atomic mass is 16.8. The van der Waals surface area contributed by atoms with E-state index in [0.29, 0.717) is 5.56 Å². The topological polar surface area (TPSA) is 168 Å². The van der Waals surface area contributed by atoms with Gasteiger partial charge in [-0.1, -0.05) is 54.6 Å². The molecule has 3 aromatic rings. The van der Waals surface area contributed by atoms with Crippen LogP contribution in [0.5, 0.6) is 0 Å². The third kappa shape index (κ3) is 3.31. The predicted molar refractivity (Wildman–Crippen MR) is 148 cm³/mol. The summed E-state index contributed by atoms with van der Waals surface area (Å²) in [5.41, 5.74) is -0.973. The Balaban J connectivity index is 1.39. The van der Waals surface area contributed by atoms with E-state index in [2.05, 4.69) is 0 Å². The second-order valence-corrected chi connectivity index (χ2v) is 10.9. The van der Waals surface area contributed by atoms with E-state index in [1.807, 2.05) is 0 Å². The van der Waals surface area contributed by atoms with Crippen LogP contribution in [0, 0.1) is 40.0 Å². The molecule has 3 aromatic carbocycles. The van der Waals surface area contributed by atoms with E-state index in [1.165, 1.54) is 48.5 Å². The largest absolute Gasteiger partial charge is 0.733 e. The fourth-order valence-electron chi connectivity index (χ4n) is 7.49. The second kappa shape index (κ2) is 9.06. The number of rotatable bonds is 5. The molecule has 2 heterocycles. The molecule has 3 aliphatic carbocycles. The number of carbonyl (C=O) groups excluding carboxylic acids is 4. The molecule has 4 atom stereocenters. The van der Waals surface area contributed by atoms with Crippen LogP contribution in [0.25, 0.3) is 0 Å². The number of hydrogen-bond acceptors (Lipinski definition) is 10. The van der Waals surface area contributed by atoms with Crippen molar-refractivity contribution in [3.63, 3.8) is 0 Å². The van der Waals surface area contributed by atoms with Crippen molar-refractivity contribution < 1.29 is 29.6 Å². The molecule has 2 aliphatic heterocycles. The second-order valence-electron chi connectivity index (χ2n) is 10.9. The summed E-state index contributed by atoms with van der Waals surface area (Å²) in [6, 6.07) is 19.7. The summed E-state index contributed by atoms with van der Waals surface area (Å²) in [6.07, 6.45) is 3.51. The molecule has 3 fully saturated rings. The van der Waals surface area contributed by atoms with Crippen LogP contribution in [-0.2, 0) is 24.6 Å². The maximum absolute atomic E-state index is 14.3. The van der Waals surface area contributed by atoms with Gasteiger partial charge in [0.25, 0.3) is 0 Å². The van der Waals surface area contributed by atoms with Gasteiger partial charge in [-0.2, -0.15) is 0 Å². The zero-order chi connectivity index (χ0) is 29.5. The molecule has 5 aliphatic rings. The van der Waals surface area contributed by atoms with Crippen LogP contribution in [-0.4, -0.2) is 34.0 Å². The summed E-state index contributed by atoms with van der Waals surface area (Å²) in [6.45, 7) is 0. The van der Waals surface area contributed by atoms with Crippen molar-refractivity contribution in [2.45, 2.75) is 5.41 Å². The highest BCUT2D eigenvalue weighted by Gasteiger charge is 2.75. The zero-order valence-corrected chi connectivity index (χ0v) is 21.7. The molecule has 42 heavy (non-hydrogen) atoms. The third-order valence-electron chi connectivity index (χ3n) is 9.05. The van der Waals surface area contributed by atoms with Crippen molar-refractivity contribution in [1.82, 2.24) is 0 Å². The van der Waals surface area contributed by atoms with Crippen molar-refractivity contribution in [3.05, 3.63) is 107 Å². The molecule has 212 valence electrons. The van der Waals surface area contributed by atoms with Crippen LogP contribution < -0.4 is 20.3 Å². The summed E-state index contributed by atoms with van der Waals surface area (Å²) in [4.78, 5) is 58.7. The van der Waals surface area contributed by atoms with E-state index < -0.39 is 58.6 Å². The normalized spacial score (nSPS) is 29.3. The van der Waals surface area contributed by atoms with Crippen molar-refractivity contribution in [2.24, 2.45) is 29.6 Å². The maximum atomic E-state index is 14.3. The zero-order valence-electron chi connectivity index (χ0n) is 21.7. The summed E-state index contributed by atoms with van der Waals surface area (Å²) >= 11 is 0. The summed E-state index contributed by atoms with van der Waals surface area (Å²) in [5.74, 6) is -7.16. The van der Waals surface area contributed by atoms with Crippen LogP contribution in [0.3, 0.4) is 0 Å². The Morgan fingerprint density at radius 3 is 1.57 bits per heavy atom. The molecule has 12 nitrogen and oxygen atoms in total. The molecule has 4 unspecified atom stereocenters. The summed E-state index contributed by atoms with van der Waals surface area (Å²) < 4.78 is 0. The molecule has 0 radical (unpaired) electrons. The van der Waals surface area contributed by atoms with Crippen LogP contribution in [0.1, 0.15) is 5.56 Å². The molecule has 4 amide bonds. The number of carbonyl (C=O) groups is 4. The van der Waals surface area contributed by atoms with Crippen molar-refractivity contribution in [1.29, 1.82) is 0 Å². The Morgan fingerprint density at radius 2 is 1.12 bits per heavy atom. The number of allylic oxidation sites excluding steroid dienone is 2. The number of nitrogens with zero attached hydrogens (tertiary/aromatic N) is 4. The van der Waals surface area contributed by atoms with E-state index >= 15 is 0 Å². The fourth-order valence-corrected chi connectivity index (χ4v) is 7.49. The SMILES string of the molecule is O=C1C2C3C=CC(c4ccccc4)(C2C(=O)N1c1cccc(N([O-])O)c1)C1C(=O)N(c2cccc(N([O-])O)c2)C(=O)C31. The molecule has 2 saturated heterocycles. The van der Waals surface area contributed by atoms with Crippen LogP contribution in [0.4, 0.5) is 22.7 Å². The van der Waals surface area contributed by atoms with Crippen molar-refractivity contribution in [3.8, 4) is 0 Å². The minimum atomic E-state index is -1.37. The predicted octanol–water partition coefficient (Wildman–Crippen LogP) is 3.12. The summed E-state index contributed by atoms with van der Waals surface area (Å²) in [5, 5.41) is 41.2. The number of anilines is 4. The average molecular weight is 567 g/mol. The first-order valence-electron chi connectivity index (χ1n) is 13.2. The number of imide groups is 2. The van der Waals surface area contributed by atoms with Crippen molar-refractivity contribution >= 4 is 46.4 Å². The van der Waals surface area contributed by atoms with Gasteiger partial charge in [-0.15, -0.1) is 0 Å². The number of benzene rings is 3. The van der Waals surface area contributed by atoms with E-state index in [-0.39, 0.29) is 33.2 Å². The number of hydrogen-bond donors (Lipinski definition) is 2. The van der Waals surface area contributed by atoms with Gasteiger partial charge in [-0.05, 0) is 42.0 Å². The van der Waals surface area contributed by atoms with Crippen LogP contribution in [0.15, 0.2) is 91.0 Å². The molecule has 0 spiro atoms. The molecule has 0 aromatic heterocycles. The number of amides is 4. The lowest BCUT2D eigenvalue weighted by molar-refractivity contribution is -0.140. The van der Waals surface area contributed by atoms with Crippen molar-refractivity contribution in [2.75, 3.05) is 20.3 Å². The molecular formula is C30H22N4O8-2. The van der Waals surface area contributed by atoms with E-state index in [4.69, 9.17) is 0 Å². The minimum Gasteiger partial charge on any atom is -0.733 e. The minimum absolute atomic E-state index is 0.0850. The first-order chi connectivity index (χ1) is 20.2. The van der Waals surface area contributed by atoms with Gasteiger partial charge in [0.15, 0.2) is 0 Å². The van der Waals surface area contributed by atoms with Gasteiger partial charge in [-0.25, -0.2) is 9.80 Å². The Labute approximate surface area is 238 Å². The third-order valence-corrected chi connectivity index (χ3v) is 9.05.